The quantitative estimate of drug-likeness (QED) is 0.597. The zero-order valence-corrected chi connectivity index (χ0v) is 17.4. The molecule has 0 aliphatic heterocycles. The van der Waals surface area contributed by atoms with E-state index in [1.807, 2.05) is 12.1 Å². The van der Waals surface area contributed by atoms with Gasteiger partial charge >= 0.3 is 0 Å². The third kappa shape index (κ3) is 4.46. The molecule has 0 spiro atoms. The van der Waals surface area contributed by atoms with E-state index in [0.29, 0.717) is 0 Å². The number of sulfonamides is 1. The highest BCUT2D eigenvalue weighted by Crippen LogP contribution is 2.25. The molecule has 27 heavy (non-hydrogen) atoms. The molecule has 3 aromatic rings. The summed E-state index contributed by atoms with van der Waals surface area (Å²) in [6, 6.07) is 12.9. The number of hydrogen-bond donors (Lipinski definition) is 1. The van der Waals surface area contributed by atoms with Gasteiger partial charge in [-0.3, -0.25) is 0 Å². The fraction of sp³-hybridized carbons (Fsp3) is 0.118. The molecule has 1 aromatic heterocycles. The molecule has 1 N–H and O–H groups in total. The molecule has 142 valence electrons. The van der Waals surface area contributed by atoms with Crippen molar-refractivity contribution in [1.29, 1.82) is 0 Å². The minimum absolute atomic E-state index is 0.0217. The van der Waals surface area contributed by atoms with Crippen molar-refractivity contribution in [2.75, 3.05) is 6.26 Å². The molecule has 0 aliphatic carbocycles. The van der Waals surface area contributed by atoms with Gasteiger partial charge in [-0.2, -0.15) is 5.10 Å². The Labute approximate surface area is 166 Å². The average Bonchev–Trinajstić information content (AvgIpc) is 3.14. The predicted molar refractivity (Wildman–Crippen MR) is 105 cm³/mol. The molecule has 0 unspecified atom stereocenters. The van der Waals surface area contributed by atoms with Gasteiger partial charge in [0.25, 0.3) is 0 Å². The topological polar surface area (TPSA) is 98.1 Å². The van der Waals surface area contributed by atoms with Crippen molar-refractivity contribution < 1.29 is 16.8 Å². The van der Waals surface area contributed by atoms with Gasteiger partial charge in [-0.15, -0.1) is 0 Å². The molecule has 0 fully saturated rings. The lowest BCUT2D eigenvalue weighted by molar-refractivity contribution is 0.580. The largest absolute Gasteiger partial charge is 0.242 e. The van der Waals surface area contributed by atoms with Crippen LogP contribution >= 0.6 is 15.9 Å². The van der Waals surface area contributed by atoms with Crippen LogP contribution in [0.2, 0.25) is 0 Å². The van der Waals surface area contributed by atoms with E-state index in [1.165, 1.54) is 12.1 Å². The van der Waals surface area contributed by atoms with Crippen molar-refractivity contribution >= 4 is 35.8 Å². The SMILES string of the molecule is CS(=O)(=O)c1ccc(Br)c(S(=O)(=O)NCc2ccccc2-n2cccn2)c1. The van der Waals surface area contributed by atoms with E-state index in [-0.39, 0.29) is 20.8 Å². The average molecular weight is 470 g/mol. The third-order valence-corrected chi connectivity index (χ3v) is 7.32. The first-order valence-corrected chi connectivity index (χ1v) is 11.9. The molecule has 1 heterocycles. The summed E-state index contributed by atoms with van der Waals surface area (Å²) in [5.74, 6) is 0. The summed E-state index contributed by atoms with van der Waals surface area (Å²) in [5, 5.41) is 4.17. The van der Waals surface area contributed by atoms with Crippen molar-refractivity contribution in [2.45, 2.75) is 16.3 Å². The number of sulfone groups is 1. The lowest BCUT2D eigenvalue weighted by Gasteiger charge is -2.12. The van der Waals surface area contributed by atoms with Crippen molar-refractivity contribution in [2.24, 2.45) is 0 Å². The molecule has 0 bridgehead atoms. The molecule has 0 atom stereocenters. The summed E-state index contributed by atoms with van der Waals surface area (Å²) in [6.07, 6.45) is 4.43. The number of nitrogens with one attached hydrogen (secondary N) is 1. The second-order valence-corrected chi connectivity index (χ2v) is 10.4. The van der Waals surface area contributed by atoms with Gasteiger partial charge in [0.1, 0.15) is 0 Å². The van der Waals surface area contributed by atoms with Gasteiger partial charge in [-0.1, -0.05) is 18.2 Å². The number of para-hydroxylation sites is 1. The van der Waals surface area contributed by atoms with Gasteiger partial charge in [0, 0.05) is 29.7 Å². The smallest absolute Gasteiger partial charge is 0.241 e. The summed E-state index contributed by atoms with van der Waals surface area (Å²) in [5.41, 5.74) is 1.47. The van der Waals surface area contributed by atoms with Crippen molar-refractivity contribution in [1.82, 2.24) is 14.5 Å². The second kappa shape index (κ2) is 7.55. The maximum atomic E-state index is 12.7. The van der Waals surface area contributed by atoms with Gasteiger partial charge in [-0.25, -0.2) is 26.2 Å². The van der Waals surface area contributed by atoms with Crippen LogP contribution in [0.3, 0.4) is 0 Å². The third-order valence-electron chi connectivity index (χ3n) is 3.82. The van der Waals surface area contributed by atoms with E-state index in [4.69, 9.17) is 0 Å². The van der Waals surface area contributed by atoms with Crippen LogP contribution in [-0.4, -0.2) is 32.9 Å². The number of hydrogen-bond acceptors (Lipinski definition) is 5. The number of nitrogens with zero attached hydrogens (tertiary/aromatic N) is 2. The highest BCUT2D eigenvalue weighted by molar-refractivity contribution is 9.10. The lowest BCUT2D eigenvalue weighted by atomic mass is 10.2. The van der Waals surface area contributed by atoms with Crippen molar-refractivity contribution in [3.63, 3.8) is 0 Å². The molecule has 7 nitrogen and oxygen atoms in total. The first kappa shape index (κ1) is 19.7. The van der Waals surface area contributed by atoms with Crippen LogP contribution in [0, 0.1) is 0 Å². The van der Waals surface area contributed by atoms with Crippen molar-refractivity contribution in [3.05, 3.63) is 71.0 Å². The first-order valence-electron chi connectivity index (χ1n) is 7.76. The number of aromatic nitrogens is 2. The first-order chi connectivity index (χ1) is 12.7. The molecule has 3 rings (SSSR count). The highest BCUT2D eigenvalue weighted by Gasteiger charge is 2.21. The predicted octanol–water partition coefficient (Wildman–Crippen LogP) is 2.52. The number of rotatable bonds is 6. The molecule has 0 radical (unpaired) electrons. The monoisotopic (exact) mass is 469 g/mol. The number of benzene rings is 2. The summed E-state index contributed by atoms with van der Waals surface area (Å²) < 4.78 is 53.4. The van der Waals surface area contributed by atoms with E-state index in [0.717, 1.165) is 23.6 Å². The number of halogens is 1. The Morgan fingerprint density at radius 3 is 2.48 bits per heavy atom. The van der Waals surface area contributed by atoms with Gasteiger partial charge in [0.2, 0.25) is 10.0 Å². The molecule has 0 aliphatic rings. The van der Waals surface area contributed by atoms with E-state index >= 15 is 0 Å². The minimum Gasteiger partial charge on any atom is -0.241 e. The lowest BCUT2D eigenvalue weighted by Crippen LogP contribution is -2.24. The van der Waals surface area contributed by atoms with Crippen LogP contribution < -0.4 is 4.72 Å². The zero-order chi connectivity index (χ0) is 19.7. The maximum absolute atomic E-state index is 12.7. The Bertz CT molecular complexity index is 1170. The van der Waals surface area contributed by atoms with E-state index in [1.54, 1.807) is 35.3 Å². The van der Waals surface area contributed by atoms with Crippen LogP contribution in [-0.2, 0) is 26.4 Å². The van der Waals surface area contributed by atoms with E-state index in [2.05, 4.69) is 25.8 Å². The molecule has 2 aromatic carbocycles. The highest BCUT2D eigenvalue weighted by atomic mass is 79.9. The summed E-state index contributed by atoms with van der Waals surface area (Å²) in [7, 11) is -7.48. The fourth-order valence-electron chi connectivity index (χ4n) is 2.47. The van der Waals surface area contributed by atoms with Gasteiger partial charge in [0.05, 0.1) is 15.5 Å². The molecule has 0 saturated carbocycles. The Hall–Kier alpha value is -2.01. The Morgan fingerprint density at radius 1 is 1.07 bits per heavy atom. The molecule has 10 heteroatoms. The summed E-state index contributed by atoms with van der Waals surface area (Å²) >= 11 is 3.18. The standard InChI is InChI=1S/C17H16BrN3O4S2/c1-26(22,23)14-7-8-15(18)17(11-14)27(24,25)20-12-13-5-2-3-6-16(13)21-10-4-9-19-21/h2-11,20H,12H2,1H3. The maximum Gasteiger partial charge on any atom is 0.242 e. The fourth-order valence-corrected chi connectivity index (χ4v) is 5.18. The Balaban J connectivity index is 1.92. The molecular weight excluding hydrogens is 454 g/mol. The van der Waals surface area contributed by atoms with Gasteiger partial charge in [0.15, 0.2) is 9.84 Å². The molecular formula is C17H16BrN3O4S2. The van der Waals surface area contributed by atoms with Gasteiger partial charge in [-0.05, 0) is 51.8 Å². The zero-order valence-electron chi connectivity index (χ0n) is 14.2. The summed E-state index contributed by atoms with van der Waals surface area (Å²) in [6.45, 7) is 0.0217. The minimum atomic E-state index is -3.95. The van der Waals surface area contributed by atoms with E-state index in [9.17, 15) is 16.8 Å². The van der Waals surface area contributed by atoms with Gasteiger partial charge < -0.3 is 0 Å². The summed E-state index contributed by atoms with van der Waals surface area (Å²) in [4.78, 5) is -0.204. The normalized spacial score (nSPS) is 12.2. The van der Waals surface area contributed by atoms with Crippen LogP contribution in [0.1, 0.15) is 5.56 Å². The van der Waals surface area contributed by atoms with Crippen LogP contribution in [0.15, 0.2) is 75.2 Å². The Kier molecular flexibility index (Phi) is 5.52. The van der Waals surface area contributed by atoms with Crippen LogP contribution in [0.4, 0.5) is 0 Å². The van der Waals surface area contributed by atoms with Crippen LogP contribution in [0.25, 0.3) is 5.69 Å². The van der Waals surface area contributed by atoms with E-state index < -0.39 is 19.9 Å². The molecule has 0 saturated heterocycles. The van der Waals surface area contributed by atoms with Crippen molar-refractivity contribution in [3.8, 4) is 5.69 Å². The Morgan fingerprint density at radius 2 is 1.81 bits per heavy atom. The second-order valence-electron chi connectivity index (χ2n) is 5.77. The molecule has 0 amide bonds. The van der Waals surface area contributed by atoms with Crippen LogP contribution in [0.5, 0.6) is 0 Å².